The fourth-order valence-electron chi connectivity index (χ4n) is 3.43. The number of phenols is 2. The molecule has 0 saturated carbocycles. The van der Waals surface area contributed by atoms with Crippen molar-refractivity contribution < 1.29 is 20.1 Å². The zero-order chi connectivity index (χ0) is 22.1. The Balaban J connectivity index is 1.81. The third kappa shape index (κ3) is 3.85. The Morgan fingerprint density at radius 3 is 2.45 bits per heavy atom. The van der Waals surface area contributed by atoms with E-state index in [1.165, 1.54) is 10.7 Å². The second kappa shape index (κ2) is 7.94. The van der Waals surface area contributed by atoms with E-state index in [0.29, 0.717) is 17.7 Å². The van der Waals surface area contributed by atoms with Crippen LogP contribution in [0.2, 0.25) is 0 Å². The number of aromatic nitrogens is 5. The summed E-state index contributed by atoms with van der Waals surface area (Å²) in [5.41, 5.74) is 2.42. The van der Waals surface area contributed by atoms with Crippen LogP contribution in [0.5, 0.6) is 11.5 Å². The number of hydrogen-bond donors (Lipinski definition) is 3. The Bertz CT molecular complexity index is 1230. The van der Waals surface area contributed by atoms with Gasteiger partial charge >= 0.3 is 5.97 Å². The number of aromatic hydroxyl groups is 2. The first-order valence-corrected chi connectivity index (χ1v) is 9.65. The zero-order valence-corrected chi connectivity index (χ0v) is 17.0. The summed E-state index contributed by atoms with van der Waals surface area (Å²) in [6.45, 7) is 4.43. The van der Waals surface area contributed by atoms with Crippen molar-refractivity contribution in [2.45, 2.75) is 26.3 Å². The highest BCUT2D eigenvalue weighted by Gasteiger charge is 2.24. The van der Waals surface area contributed by atoms with Crippen LogP contribution in [0.25, 0.3) is 16.9 Å². The monoisotopic (exact) mass is 419 g/mol. The molecule has 0 amide bonds. The molecule has 0 aliphatic heterocycles. The van der Waals surface area contributed by atoms with Gasteiger partial charge in [-0.2, -0.15) is 0 Å². The van der Waals surface area contributed by atoms with Gasteiger partial charge in [-0.15, -0.1) is 5.10 Å². The Kier molecular flexibility index (Phi) is 5.16. The molecule has 0 spiro atoms. The minimum atomic E-state index is -1.23. The predicted molar refractivity (Wildman–Crippen MR) is 113 cm³/mol. The third-order valence-electron chi connectivity index (χ3n) is 5.00. The van der Waals surface area contributed by atoms with Crippen molar-refractivity contribution in [3.05, 3.63) is 71.9 Å². The quantitative estimate of drug-likeness (QED) is 0.437. The van der Waals surface area contributed by atoms with E-state index < -0.39 is 5.97 Å². The fourth-order valence-corrected chi connectivity index (χ4v) is 3.43. The Morgan fingerprint density at radius 1 is 1.10 bits per heavy atom. The van der Waals surface area contributed by atoms with E-state index in [1.54, 1.807) is 30.7 Å². The van der Waals surface area contributed by atoms with Crippen molar-refractivity contribution in [1.82, 2.24) is 24.5 Å². The van der Waals surface area contributed by atoms with Crippen molar-refractivity contribution in [2.24, 2.45) is 0 Å². The number of rotatable bonds is 6. The standard InChI is InChI=1S/C22H21N5O4/c1-13(2)16-9-17(19(29)10-18(16)28)27-21(20(22(30)31)24-25-27)15-5-3-14(4-6-15)11-26-8-7-23-12-26/h3-10,12-13,28-29H,11H2,1-2H3,(H,30,31). The van der Waals surface area contributed by atoms with Crippen molar-refractivity contribution in [2.75, 3.05) is 0 Å². The average Bonchev–Trinajstić information content (AvgIpc) is 3.38. The van der Waals surface area contributed by atoms with Crippen LogP contribution in [0.4, 0.5) is 0 Å². The van der Waals surface area contributed by atoms with E-state index in [4.69, 9.17) is 0 Å². The summed E-state index contributed by atoms with van der Waals surface area (Å²) in [6.07, 6.45) is 5.28. The molecular formula is C22H21N5O4. The number of hydrogen-bond acceptors (Lipinski definition) is 6. The summed E-state index contributed by atoms with van der Waals surface area (Å²) in [5.74, 6) is -1.53. The molecule has 0 bridgehead atoms. The third-order valence-corrected chi connectivity index (χ3v) is 5.00. The normalized spacial score (nSPS) is 11.2. The maximum Gasteiger partial charge on any atom is 0.358 e. The largest absolute Gasteiger partial charge is 0.508 e. The summed E-state index contributed by atoms with van der Waals surface area (Å²) < 4.78 is 3.21. The molecule has 9 nitrogen and oxygen atoms in total. The first-order chi connectivity index (χ1) is 14.8. The summed E-state index contributed by atoms with van der Waals surface area (Å²) in [6, 6.07) is 10.2. The second-order valence-electron chi connectivity index (χ2n) is 7.49. The van der Waals surface area contributed by atoms with Crippen LogP contribution in [-0.4, -0.2) is 45.8 Å². The van der Waals surface area contributed by atoms with Crippen LogP contribution in [0, 0.1) is 0 Å². The summed E-state index contributed by atoms with van der Waals surface area (Å²) in [4.78, 5) is 15.8. The lowest BCUT2D eigenvalue weighted by Gasteiger charge is -2.14. The number of carboxylic acid groups (broad SMARTS) is 1. The summed E-state index contributed by atoms with van der Waals surface area (Å²) >= 11 is 0. The van der Waals surface area contributed by atoms with E-state index in [-0.39, 0.29) is 34.5 Å². The summed E-state index contributed by atoms with van der Waals surface area (Å²) in [5, 5.41) is 38.0. The lowest BCUT2D eigenvalue weighted by molar-refractivity contribution is 0.0691. The van der Waals surface area contributed by atoms with Gasteiger partial charge in [-0.1, -0.05) is 43.3 Å². The van der Waals surface area contributed by atoms with E-state index in [9.17, 15) is 20.1 Å². The number of nitrogens with zero attached hydrogens (tertiary/aromatic N) is 5. The topological polar surface area (TPSA) is 126 Å². The highest BCUT2D eigenvalue weighted by atomic mass is 16.4. The molecule has 158 valence electrons. The molecule has 0 aliphatic carbocycles. The van der Waals surface area contributed by atoms with E-state index in [2.05, 4.69) is 15.3 Å². The molecule has 2 aromatic carbocycles. The molecule has 9 heteroatoms. The van der Waals surface area contributed by atoms with Gasteiger partial charge in [-0.3, -0.25) is 0 Å². The van der Waals surface area contributed by atoms with Crippen molar-refractivity contribution in [3.8, 4) is 28.4 Å². The van der Waals surface area contributed by atoms with Gasteiger partial charge in [0.1, 0.15) is 22.9 Å². The highest BCUT2D eigenvalue weighted by molar-refractivity contribution is 5.93. The van der Waals surface area contributed by atoms with Gasteiger partial charge in [0.2, 0.25) is 0 Å². The molecule has 0 radical (unpaired) electrons. The van der Waals surface area contributed by atoms with Gasteiger partial charge < -0.3 is 19.9 Å². The van der Waals surface area contributed by atoms with Crippen molar-refractivity contribution in [1.29, 1.82) is 0 Å². The van der Waals surface area contributed by atoms with Gasteiger partial charge in [0.05, 0.1) is 6.33 Å². The minimum Gasteiger partial charge on any atom is -0.508 e. The van der Waals surface area contributed by atoms with Gasteiger partial charge in [-0.05, 0) is 23.1 Å². The Labute approximate surface area is 177 Å². The Morgan fingerprint density at radius 2 is 1.84 bits per heavy atom. The number of imidazole rings is 1. The zero-order valence-electron chi connectivity index (χ0n) is 17.0. The van der Waals surface area contributed by atoms with Gasteiger partial charge in [-0.25, -0.2) is 14.5 Å². The van der Waals surface area contributed by atoms with Gasteiger partial charge in [0.15, 0.2) is 5.69 Å². The molecule has 0 atom stereocenters. The average molecular weight is 419 g/mol. The fraction of sp³-hybridized carbons (Fsp3) is 0.182. The van der Waals surface area contributed by atoms with Crippen molar-refractivity contribution in [3.63, 3.8) is 0 Å². The van der Waals surface area contributed by atoms with Crippen molar-refractivity contribution >= 4 is 5.97 Å². The molecule has 3 N–H and O–H groups in total. The molecule has 2 aromatic heterocycles. The number of carbonyl (C=O) groups is 1. The van der Waals surface area contributed by atoms with Crippen LogP contribution in [0.3, 0.4) is 0 Å². The van der Waals surface area contributed by atoms with E-state index in [0.717, 1.165) is 5.56 Å². The first kappa shape index (κ1) is 20.1. The number of carboxylic acids is 1. The smallest absolute Gasteiger partial charge is 0.358 e. The van der Waals surface area contributed by atoms with Gasteiger partial charge in [0.25, 0.3) is 0 Å². The molecule has 0 fully saturated rings. The Hall–Kier alpha value is -4.14. The first-order valence-electron chi connectivity index (χ1n) is 9.65. The lowest BCUT2D eigenvalue weighted by Crippen LogP contribution is -2.05. The molecule has 2 heterocycles. The minimum absolute atomic E-state index is 0.0206. The van der Waals surface area contributed by atoms with E-state index in [1.807, 2.05) is 36.7 Å². The number of phenolic OH excluding ortho intramolecular Hbond substituents is 2. The molecule has 4 rings (SSSR count). The lowest BCUT2D eigenvalue weighted by atomic mass is 10.0. The number of aromatic carboxylic acids is 1. The molecular weight excluding hydrogens is 398 g/mol. The maximum absolute atomic E-state index is 11.8. The predicted octanol–water partition coefficient (Wildman–Crippen LogP) is 3.41. The SMILES string of the molecule is CC(C)c1cc(-n2nnc(C(=O)O)c2-c2ccc(Cn3ccnc3)cc2)c(O)cc1O. The van der Waals surface area contributed by atoms with Crippen LogP contribution >= 0.6 is 0 Å². The molecule has 31 heavy (non-hydrogen) atoms. The van der Waals surface area contributed by atoms with E-state index >= 15 is 0 Å². The van der Waals surface area contributed by atoms with Gasteiger partial charge in [0, 0.05) is 30.6 Å². The van der Waals surface area contributed by atoms with Crippen LogP contribution in [-0.2, 0) is 6.54 Å². The number of benzene rings is 2. The highest BCUT2D eigenvalue weighted by Crippen LogP contribution is 2.36. The molecule has 0 aliphatic rings. The maximum atomic E-state index is 11.8. The second-order valence-corrected chi connectivity index (χ2v) is 7.49. The van der Waals surface area contributed by atoms with Crippen LogP contribution in [0.15, 0.2) is 55.1 Å². The molecule has 0 saturated heterocycles. The summed E-state index contributed by atoms with van der Waals surface area (Å²) in [7, 11) is 0. The van der Waals surface area contributed by atoms with Crippen LogP contribution in [0.1, 0.15) is 41.4 Å². The molecule has 0 unspecified atom stereocenters. The van der Waals surface area contributed by atoms with Crippen LogP contribution < -0.4 is 0 Å². The molecule has 4 aromatic rings.